The van der Waals surface area contributed by atoms with E-state index in [1.54, 1.807) is 42.5 Å². The van der Waals surface area contributed by atoms with Gasteiger partial charge in [0.25, 0.3) is 5.91 Å². The Hall–Kier alpha value is -3.68. The highest BCUT2D eigenvalue weighted by Crippen LogP contribution is 2.15. The van der Waals surface area contributed by atoms with Crippen molar-refractivity contribution in [3.05, 3.63) is 59.7 Å². The van der Waals surface area contributed by atoms with Crippen LogP contribution in [-0.2, 0) is 14.4 Å². The fourth-order valence-corrected chi connectivity index (χ4v) is 1.99. The maximum Gasteiger partial charge on any atom is 0.329 e. The number of nitrogens with two attached hydrogens (primary N) is 1. The molecule has 0 heterocycles. The van der Waals surface area contributed by atoms with E-state index in [-0.39, 0.29) is 6.61 Å². The zero-order valence-electron chi connectivity index (χ0n) is 14.1. The van der Waals surface area contributed by atoms with Crippen LogP contribution < -0.4 is 21.2 Å². The van der Waals surface area contributed by atoms with E-state index < -0.39 is 17.7 Å². The van der Waals surface area contributed by atoms with Crippen LogP contribution in [0.3, 0.4) is 0 Å². The van der Waals surface area contributed by atoms with Crippen LogP contribution in [0, 0.1) is 6.92 Å². The Kier molecular flexibility index (Phi) is 6.44. The number of hydrogen-bond acceptors (Lipinski definition) is 5. The molecule has 0 unspecified atom stereocenters. The average Bonchev–Trinajstić information content (AvgIpc) is 2.60. The predicted molar refractivity (Wildman–Crippen MR) is 96.7 cm³/mol. The summed E-state index contributed by atoms with van der Waals surface area (Å²) >= 11 is 0. The molecule has 2 rings (SSSR count). The summed E-state index contributed by atoms with van der Waals surface area (Å²) in [4.78, 5) is 34.4. The molecule has 0 bridgehead atoms. The third kappa shape index (κ3) is 5.75. The number of aryl methyl sites for hydroxylation is 1. The second-order valence-electron chi connectivity index (χ2n) is 5.32. The zero-order valence-corrected chi connectivity index (χ0v) is 14.1. The Morgan fingerprint density at radius 3 is 2.62 bits per heavy atom. The number of anilines is 1. The van der Waals surface area contributed by atoms with Crippen LogP contribution in [0.5, 0.6) is 5.75 Å². The summed E-state index contributed by atoms with van der Waals surface area (Å²) in [6, 6.07) is 13.8. The topological polar surface area (TPSA) is 123 Å². The number of primary amides is 1. The first kappa shape index (κ1) is 18.7. The summed E-state index contributed by atoms with van der Waals surface area (Å²) < 4.78 is 5.24. The molecule has 0 fully saturated rings. The minimum Gasteiger partial charge on any atom is -0.483 e. The van der Waals surface area contributed by atoms with Crippen LogP contribution in [0.2, 0.25) is 0 Å². The van der Waals surface area contributed by atoms with Crippen molar-refractivity contribution in [2.24, 2.45) is 10.8 Å². The molecule has 8 nitrogen and oxygen atoms in total. The number of nitrogens with one attached hydrogen (secondary N) is 2. The van der Waals surface area contributed by atoms with Crippen LogP contribution in [0.15, 0.2) is 53.6 Å². The Morgan fingerprint density at radius 1 is 1.12 bits per heavy atom. The summed E-state index contributed by atoms with van der Waals surface area (Å²) in [6.45, 7) is 1.59. The third-order valence-electron chi connectivity index (χ3n) is 3.14. The van der Waals surface area contributed by atoms with E-state index in [0.717, 1.165) is 5.56 Å². The van der Waals surface area contributed by atoms with Crippen LogP contribution in [-0.4, -0.2) is 30.5 Å². The van der Waals surface area contributed by atoms with Crippen LogP contribution >= 0.6 is 0 Å². The van der Waals surface area contributed by atoms with Crippen molar-refractivity contribution in [1.29, 1.82) is 0 Å². The van der Waals surface area contributed by atoms with Crippen LogP contribution in [0.4, 0.5) is 5.69 Å². The molecular weight excluding hydrogens is 336 g/mol. The Balaban J connectivity index is 1.94. The molecule has 0 aromatic heterocycles. The molecule has 2 aromatic rings. The molecule has 0 atom stereocenters. The number of amides is 3. The first-order chi connectivity index (χ1) is 12.5. The van der Waals surface area contributed by atoms with Gasteiger partial charge in [-0.05, 0) is 36.8 Å². The highest BCUT2D eigenvalue weighted by molar-refractivity contribution is 6.39. The number of nitrogens with zero attached hydrogens (tertiary/aromatic N) is 1. The Bertz CT molecular complexity index is 849. The van der Waals surface area contributed by atoms with Crippen molar-refractivity contribution in [3.63, 3.8) is 0 Å². The number of carbonyl (C=O) groups is 3. The largest absolute Gasteiger partial charge is 0.483 e. The van der Waals surface area contributed by atoms with Crippen molar-refractivity contribution in [2.45, 2.75) is 6.92 Å². The standard InChI is InChI=1S/C18H18N4O4/c1-12-5-4-7-14(9-12)21-17(24)18(25)22-20-10-13-6-2-3-8-15(13)26-11-16(19)23/h2-10H,11H2,1H3,(H2,19,23)(H,21,24)(H,22,25)/b20-10-. The molecule has 2 aromatic carbocycles. The number of ether oxygens (including phenoxy) is 1. The van der Waals surface area contributed by atoms with Crippen molar-refractivity contribution < 1.29 is 19.1 Å². The number of hydrogen-bond donors (Lipinski definition) is 3. The number of benzene rings is 2. The van der Waals surface area contributed by atoms with E-state index in [1.165, 1.54) is 6.21 Å². The molecule has 0 saturated carbocycles. The van der Waals surface area contributed by atoms with Gasteiger partial charge in [0, 0.05) is 11.3 Å². The normalized spacial score (nSPS) is 10.3. The highest BCUT2D eigenvalue weighted by atomic mass is 16.5. The van der Waals surface area contributed by atoms with Gasteiger partial charge >= 0.3 is 11.8 Å². The maximum absolute atomic E-state index is 11.8. The van der Waals surface area contributed by atoms with Crippen molar-refractivity contribution in [3.8, 4) is 5.75 Å². The molecule has 0 aliphatic carbocycles. The van der Waals surface area contributed by atoms with Crippen molar-refractivity contribution in [2.75, 3.05) is 11.9 Å². The van der Waals surface area contributed by atoms with E-state index >= 15 is 0 Å². The summed E-state index contributed by atoms with van der Waals surface area (Å²) in [5, 5.41) is 6.20. The minimum atomic E-state index is -0.918. The van der Waals surface area contributed by atoms with E-state index in [9.17, 15) is 14.4 Å². The second-order valence-corrected chi connectivity index (χ2v) is 5.32. The van der Waals surface area contributed by atoms with Gasteiger partial charge < -0.3 is 15.8 Å². The smallest absolute Gasteiger partial charge is 0.329 e. The fourth-order valence-electron chi connectivity index (χ4n) is 1.99. The summed E-state index contributed by atoms with van der Waals surface area (Å²) in [7, 11) is 0. The molecule has 8 heteroatoms. The molecule has 0 radical (unpaired) electrons. The SMILES string of the molecule is Cc1cccc(NC(=O)C(=O)N/N=C\c2ccccc2OCC(N)=O)c1. The maximum atomic E-state index is 11.8. The quantitative estimate of drug-likeness (QED) is 0.406. The minimum absolute atomic E-state index is 0.282. The Labute approximate surface area is 150 Å². The highest BCUT2D eigenvalue weighted by Gasteiger charge is 2.13. The molecule has 0 saturated heterocycles. The van der Waals surface area contributed by atoms with E-state index in [4.69, 9.17) is 10.5 Å². The van der Waals surface area contributed by atoms with Gasteiger partial charge in [0.1, 0.15) is 5.75 Å². The van der Waals surface area contributed by atoms with Gasteiger partial charge in [-0.15, -0.1) is 0 Å². The first-order valence-corrected chi connectivity index (χ1v) is 7.67. The molecule has 134 valence electrons. The molecule has 4 N–H and O–H groups in total. The Morgan fingerprint density at radius 2 is 1.88 bits per heavy atom. The van der Waals surface area contributed by atoms with Gasteiger partial charge in [0.2, 0.25) is 0 Å². The molecule has 0 spiro atoms. The summed E-state index contributed by atoms with van der Waals surface area (Å²) in [5.41, 5.74) is 9.14. The molecule has 3 amide bonds. The molecular formula is C18H18N4O4. The molecule has 0 aliphatic rings. The lowest BCUT2D eigenvalue weighted by Crippen LogP contribution is -2.32. The van der Waals surface area contributed by atoms with Crippen molar-refractivity contribution >= 4 is 29.6 Å². The predicted octanol–water partition coefficient (Wildman–Crippen LogP) is 0.948. The first-order valence-electron chi connectivity index (χ1n) is 7.67. The van der Waals surface area contributed by atoms with Crippen molar-refractivity contribution in [1.82, 2.24) is 5.43 Å². The summed E-state index contributed by atoms with van der Waals surface area (Å²) in [6.07, 6.45) is 1.30. The summed E-state index contributed by atoms with van der Waals surface area (Å²) in [5.74, 6) is -2.00. The van der Waals surface area contributed by atoms with Gasteiger partial charge in [0.15, 0.2) is 6.61 Å². The average molecular weight is 354 g/mol. The van der Waals surface area contributed by atoms with Gasteiger partial charge in [-0.25, -0.2) is 5.43 Å². The number of rotatable bonds is 6. The third-order valence-corrected chi connectivity index (χ3v) is 3.14. The molecule has 0 aliphatic heterocycles. The second kappa shape index (κ2) is 8.97. The van der Waals surface area contributed by atoms with E-state index in [0.29, 0.717) is 17.0 Å². The van der Waals surface area contributed by atoms with Gasteiger partial charge in [-0.2, -0.15) is 5.10 Å². The number of hydrazone groups is 1. The van der Waals surface area contributed by atoms with E-state index in [1.807, 2.05) is 13.0 Å². The number of carbonyl (C=O) groups excluding carboxylic acids is 3. The lowest BCUT2D eigenvalue weighted by Gasteiger charge is -2.07. The zero-order chi connectivity index (χ0) is 18.9. The fraction of sp³-hybridized carbons (Fsp3) is 0.111. The lowest BCUT2D eigenvalue weighted by atomic mass is 10.2. The lowest BCUT2D eigenvalue weighted by molar-refractivity contribution is -0.136. The van der Waals surface area contributed by atoms with Gasteiger partial charge in [-0.3, -0.25) is 14.4 Å². The van der Waals surface area contributed by atoms with E-state index in [2.05, 4.69) is 15.8 Å². The molecule has 26 heavy (non-hydrogen) atoms. The monoisotopic (exact) mass is 354 g/mol. The van der Waals surface area contributed by atoms with Gasteiger partial charge in [0.05, 0.1) is 6.21 Å². The van der Waals surface area contributed by atoms with Gasteiger partial charge in [-0.1, -0.05) is 24.3 Å². The number of para-hydroxylation sites is 1. The van der Waals surface area contributed by atoms with Crippen LogP contribution in [0.1, 0.15) is 11.1 Å². The van der Waals surface area contributed by atoms with Crippen LogP contribution in [0.25, 0.3) is 0 Å².